The average molecular weight is 396 g/mol. The number of thiophene rings is 1. The molecule has 5 nitrogen and oxygen atoms in total. The van der Waals surface area contributed by atoms with Crippen molar-refractivity contribution < 1.29 is 9.53 Å². The molecule has 0 bridgehead atoms. The standard InChI is InChI=1S/C22H25N3O2S/c1-25(2)20(16-8-6-9-17(14-16)27-3)15-23-22(26)24-19-11-5-4-10-18(19)21-12-7-13-28-21/h4-14,20H,15H2,1-3H3,(H2,23,24,26). The highest BCUT2D eigenvalue weighted by atomic mass is 32.1. The zero-order valence-corrected chi connectivity index (χ0v) is 17.1. The fourth-order valence-electron chi connectivity index (χ4n) is 3.04. The summed E-state index contributed by atoms with van der Waals surface area (Å²) >= 11 is 1.65. The van der Waals surface area contributed by atoms with Crippen LogP contribution >= 0.6 is 11.3 Å². The van der Waals surface area contributed by atoms with E-state index in [1.807, 2.05) is 80.1 Å². The van der Waals surface area contributed by atoms with Gasteiger partial charge in [0.2, 0.25) is 0 Å². The van der Waals surface area contributed by atoms with Crippen LogP contribution in [-0.4, -0.2) is 38.7 Å². The van der Waals surface area contributed by atoms with Crippen molar-refractivity contribution in [2.45, 2.75) is 6.04 Å². The lowest BCUT2D eigenvalue weighted by molar-refractivity contribution is 0.243. The Hall–Kier alpha value is -2.83. The molecular formula is C22H25N3O2S. The van der Waals surface area contributed by atoms with Gasteiger partial charge in [-0.15, -0.1) is 11.3 Å². The minimum atomic E-state index is -0.223. The number of nitrogens with one attached hydrogen (secondary N) is 2. The number of rotatable bonds is 7. The summed E-state index contributed by atoms with van der Waals surface area (Å²) in [5, 5.41) is 8.00. The summed E-state index contributed by atoms with van der Waals surface area (Å²) in [6.45, 7) is 0.479. The van der Waals surface area contributed by atoms with Gasteiger partial charge in [0.15, 0.2) is 0 Å². The van der Waals surface area contributed by atoms with Crippen LogP contribution in [0.4, 0.5) is 10.5 Å². The Labute approximate surface area is 170 Å². The summed E-state index contributed by atoms with van der Waals surface area (Å²) in [5.41, 5.74) is 2.90. The summed E-state index contributed by atoms with van der Waals surface area (Å²) in [7, 11) is 5.64. The highest BCUT2D eigenvalue weighted by Gasteiger charge is 2.16. The third-order valence-corrected chi connectivity index (χ3v) is 5.42. The Morgan fingerprint density at radius 3 is 2.64 bits per heavy atom. The van der Waals surface area contributed by atoms with Gasteiger partial charge in [0.05, 0.1) is 18.8 Å². The van der Waals surface area contributed by atoms with E-state index < -0.39 is 0 Å². The Morgan fingerprint density at radius 1 is 1.11 bits per heavy atom. The molecule has 2 amide bonds. The number of para-hydroxylation sites is 1. The van der Waals surface area contributed by atoms with E-state index in [2.05, 4.69) is 15.5 Å². The zero-order chi connectivity index (χ0) is 19.9. The number of carbonyl (C=O) groups excluding carboxylic acids is 1. The fraction of sp³-hybridized carbons (Fsp3) is 0.227. The van der Waals surface area contributed by atoms with Crippen LogP contribution in [0.1, 0.15) is 11.6 Å². The number of hydrogen-bond acceptors (Lipinski definition) is 4. The van der Waals surface area contributed by atoms with Crippen LogP contribution in [0.25, 0.3) is 10.4 Å². The van der Waals surface area contributed by atoms with Gasteiger partial charge in [-0.1, -0.05) is 36.4 Å². The first-order valence-electron chi connectivity index (χ1n) is 9.06. The van der Waals surface area contributed by atoms with Crippen LogP contribution < -0.4 is 15.4 Å². The Bertz CT molecular complexity index is 910. The molecule has 2 aromatic carbocycles. The van der Waals surface area contributed by atoms with E-state index in [9.17, 15) is 4.79 Å². The van der Waals surface area contributed by atoms with Crippen molar-refractivity contribution in [2.24, 2.45) is 0 Å². The van der Waals surface area contributed by atoms with Crippen molar-refractivity contribution in [3.63, 3.8) is 0 Å². The lowest BCUT2D eigenvalue weighted by Gasteiger charge is -2.25. The third kappa shape index (κ3) is 4.91. The second-order valence-electron chi connectivity index (χ2n) is 6.61. The number of nitrogens with zero attached hydrogens (tertiary/aromatic N) is 1. The molecule has 0 radical (unpaired) electrons. The topological polar surface area (TPSA) is 53.6 Å². The summed E-state index contributed by atoms with van der Waals surface area (Å²) in [4.78, 5) is 15.8. The van der Waals surface area contributed by atoms with Crippen molar-refractivity contribution in [1.82, 2.24) is 10.2 Å². The normalized spacial score (nSPS) is 11.9. The molecule has 1 aromatic heterocycles. The predicted molar refractivity (Wildman–Crippen MR) is 116 cm³/mol. The van der Waals surface area contributed by atoms with Gasteiger partial charge in [0.25, 0.3) is 0 Å². The van der Waals surface area contributed by atoms with Gasteiger partial charge in [0.1, 0.15) is 5.75 Å². The number of carbonyl (C=O) groups is 1. The van der Waals surface area contributed by atoms with Crippen LogP contribution in [0.15, 0.2) is 66.0 Å². The SMILES string of the molecule is COc1cccc(C(CNC(=O)Nc2ccccc2-c2cccs2)N(C)C)c1. The molecule has 1 atom stereocenters. The molecule has 28 heavy (non-hydrogen) atoms. The molecule has 0 aliphatic rings. The minimum Gasteiger partial charge on any atom is -0.497 e. The Kier molecular flexibility index (Phi) is 6.68. The van der Waals surface area contributed by atoms with Crippen molar-refractivity contribution in [1.29, 1.82) is 0 Å². The number of amides is 2. The minimum absolute atomic E-state index is 0.0355. The number of urea groups is 1. The zero-order valence-electron chi connectivity index (χ0n) is 16.3. The maximum Gasteiger partial charge on any atom is 0.319 e. The summed E-state index contributed by atoms with van der Waals surface area (Å²) in [6, 6.07) is 19.6. The second-order valence-corrected chi connectivity index (χ2v) is 7.56. The van der Waals surface area contributed by atoms with Crippen LogP contribution in [0, 0.1) is 0 Å². The largest absolute Gasteiger partial charge is 0.497 e. The van der Waals surface area contributed by atoms with Crippen LogP contribution in [-0.2, 0) is 0 Å². The lowest BCUT2D eigenvalue weighted by Crippen LogP contribution is -2.37. The number of methoxy groups -OCH3 is 1. The quantitative estimate of drug-likeness (QED) is 0.601. The maximum absolute atomic E-state index is 12.6. The molecule has 0 aliphatic carbocycles. The van der Waals surface area contributed by atoms with Crippen molar-refractivity contribution in [2.75, 3.05) is 33.1 Å². The van der Waals surface area contributed by atoms with Crippen LogP contribution in [0.5, 0.6) is 5.75 Å². The monoisotopic (exact) mass is 395 g/mol. The smallest absolute Gasteiger partial charge is 0.319 e. The molecular weight excluding hydrogens is 370 g/mol. The van der Waals surface area contributed by atoms with Gasteiger partial charge in [-0.05, 0) is 49.3 Å². The van der Waals surface area contributed by atoms with Gasteiger partial charge in [-0.2, -0.15) is 0 Å². The molecule has 0 aliphatic heterocycles. The summed E-state index contributed by atoms with van der Waals surface area (Å²) in [5.74, 6) is 0.804. The number of likely N-dealkylation sites (N-methyl/N-ethyl adjacent to an activating group) is 1. The number of ether oxygens (including phenoxy) is 1. The predicted octanol–water partition coefficient (Wildman–Crippen LogP) is 4.85. The molecule has 0 fully saturated rings. The van der Waals surface area contributed by atoms with Crippen LogP contribution in [0.2, 0.25) is 0 Å². The summed E-state index contributed by atoms with van der Waals surface area (Å²) < 4.78 is 5.32. The molecule has 0 saturated heterocycles. The summed E-state index contributed by atoms with van der Waals surface area (Å²) in [6.07, 6.45) is 0. The van der Waals surface area contributed by atoms with Gasteiger partial charge in [-0.25, -0.2) is 4.79 Å². The number of anilines is 1. The first-order valence-corrected chi connectivity index (χ1v) is 9.94. The third-order valence-electron chi connectivity index (χ3n) is 4.52. The second kappa shape index (κ2) is 9.39. The molecule has 1 unspecified atom stereocenters. The highest BCUT2D eigenvalue weighted by molar-refractivity contribution is 7.13. The van der Waals surface area contributed by atoms with Gasteiger partial charge in [0, 0.05) is 17.0 Å². The Morgan fingerprint density at radius 2 is 1.93 bits per heavy atom. The van der Waals surface area contributed by atoms with E-state index in [0.717, 1.165) is 27.4 Å². The van der Waals surface area contributed by atoms with Crippen molar-refractivity contribution in [3.05, 3.63) is 71.6 Å². The average Bonchev–Trinajstić information content (AvgIpc) is 3.23. The maximum atomic E-state index is 12.6. The van der Waals surface area contributed by atoms with Gasteiger partial charge < -0.3 is 20.3 Å². The van der Waals surface area contributed by atoms with E-state index in [1.54, 1.807) is 18.4 Å². The molecule has 6 heteroatoms. The van der Waals surface area contributed by atoms with E-state index in [0.29, 0.717) is 6.54 Å². The van der Waals surface area contributed by atoms with E-state index in [1.165, 1.54) is 0 Å². The number of hydrogen-bond donors (Lipinski definition) is 2. The van der Waals surface area contributed by atoms with Gasteiger partial charge in [-0.3, -0.25) is 0 Å². The molecule has 3 aromatic rings. The van der Waals surface area contributed by atoms with Crippen molar-refractivity contribution in [3.8, 4) is 16.2 Å². The first kappa shape index (κ1) is 19.9. The van der Waals surface area contributed by atoms with E-state index >= 15 is 0 Å². The highest BCUT2D eigenvalue weighted by Crippen LogP contribution is 2.31. The Balaban J connectivity index is 1.68. The lowest BCUT2D eigenvalue weighted by atomic mass is 10.1. The molecule has 0 spiro atoms. The molecule has 3 rings (SSSR count). The molecule has 0 saturated carbocycles. The van der Waals surface area contributed by atoms with E-state index in [4.69, 9.17) is 4.74 Å². The van der Waals surface area contributed by atoms with Crippen LogP contribution in [0.3, 0.4) is 0 Å². The van der Waals surface area contributed by atoms with Gasteiger partial charge >= 0.3 is 6.03 Å². The van der Waals surface area contributed by atoms with E-state index in [-0.39, 0.29) is 12.1 Å². The van der Waals surface area contributed by atoms with Crippen molar-refractivity contribution >= 4 is 23.1 Å². The molecule has 146 valence electrons. The number of benzene rings is 2. The molecule has 1 heterocycles. The molecule has 2 N–H and O–H groups in total. The first-order chi connectivity index (χ1) is 13.6. The fourth-order valence-corrected chi connectivity index (χ4v) is 3.81.